The zero-order chi connectivity index (χ0) is 30.2. The normalized spacial score (nSPS) is 14.7. The number of benzene rings is 2. The molecule has 5 rings (SSSR count). The van der Waals surface area contributed by atoms with Crippen LogP contribution in [-0.2, 0) is 6.54 Å². The molecule has 1 atom stereocenters. The number of pyridine rings is 2. The van der Waals surface area contributed by atoms with Crippen molar-refractivity contribution in [3.8, 4) is 16.9 Å². The highest BCUT2D eigenvalue weighted by Crippen LogP contribution is 2.29. The number of rotatable bonds is 11. The second kappa shape index (κ2) is 14.3. The van der Waals surface area contributed by atoms with Gasteiger partial charge in [-0.25, -0.2) is 0 Å². The van der Waals surface area contributed by atoms with Crippen molar-refractivity contribution in [1.82, 2.24) is 20.2 Å². The monoisotopic (exact) mass is 577 g/mol. The molecule has 43 heavy (non-hydrogen) atoms. The van der Waals surface area contributed by atoms with Gasteiger partial charge in [0.15, 0.2) is 0 Å². The number of nitrogens with one attached hydrogen (secondary N) is 1. The van der Waals surface area contributed by atoms with Crippen LogP contribution in [0.2, 0.25) is 0 Å². The molecule has 0 bridgehead atoms. The second-order valence-electron chi connectivity index (χ2n) is 11.6. The Morgan fingerprint density at radius 3 is 2.35 bits per heavy atom. The summed E-state index contributed by atoms with van der Waals surface area (Å²) in [6.45, 7) is 10.00. The highest BCUT2D eigenvalue weighted by atomic mass is 16.5. The first-order chi connectivity index (χ1) is 20.9. The third-order valence-corrected chi connectivity index (χ3v) is 8.79. The van der Waals surface area contributed by atoms with Crippen LogP contribution in [-0.4, -0.2) is 59.6 Å². The average molecular weight is 578 g/mol. The number of carbonyl (C=O) groups excluding carboxylic acids is 1. The molecular formula is C36H43N5O2. The number of hydrogen-bond donors (Lipinski definition) is 1. The summed E-state index contributed by atoms with van der Waals surface area (Å²) in [5, 5.41) is 3.16. The third-order valence-electron chi connectivity index (χ3n) is 8.79. The number of methoxy groups -OCH3 is 1. The number of likely N-dealkylation sites (tertiary alicyclic amines) is 1. The first kappa shape index (κ1) is 30.2. The number of amides is 1. The molecule has 0 radical (unpaired) electrons. The van der Waals surface area contributed by atoms with Gasteiger partial charge in [0, 0.05) is 74.3 Å². The number of piperidine rings is 1. The molecule has 0 aliphatic carbocycles. The van der Waals surface area contributed by atoms with Gasteiger partial charge in [-0.3, -0.25) is 14.8 Å². The number of carbonyl (C=O) groups is 1. The van der Waals surface area contributed by atoms with Gasteiger partial charge < -0.3 is 19.9 Å². The lowest BCUT2D eigenvalue weighted by atomic mass is 9.98. The van der Waals surface area contributed by atoms with Crippen LogP contribution >= 0.6 is 0 Å². The van der Waals surface area contributed by atoms with Gasteiger partial charge in [0.25, 0.3) is 5.91 Å². The Balaban J connectivity index is 1.14. The van der Waals surface area contributed by atoms with E-state index in [4.69, 9.17) is 4.74 Å². The van der Waals surface area contributed by atoms with Gasteiger partial charge in [-0.1, -0.05) is 12.1 Å². The van der Waals surface area contributed by atoms with Crippen LogP contribution in [0.4, 0.5) is 5.69 Å². The van der Waals surface area contributed by atoms with Gasteiger partial charge in [-0.2, -0.15) is 0 Å². The van der Waals surface area contributed by atoms with E-state index in [2.05, 4.69) is 63.2 Å². The zero-order valence-electron chi connectivity index (χ0n) is 25.8. The second-order valence-corrected chi connectivity index (χ2v) is 11.6. The predicted molar refractivity (Wildman–Crippen MR) is 174 cm³/mol. The molecule has 2 aromatic heterocycles. The Morgan fingerprint density at radius 2 is 1.67 bits per heavy atom. The molecule has 224 valence electrons. The van der Waals surface area contributed by atoms with Crippen LogP contribution in [0.5, 0.6) is 5.75 Å². The Hall–Kier alpha value is -4.23. The minimum absolute atomic E-state index is 0.00878. The van der Waals surface area contributed by atoms with E-state index in [0.29, 0.717) is 18.6 Å². The molecular weight excluding hydrogens is 534 g/mol. The summed E-state index contributed by atoms with van der Waals surface area (Å²) in [5.74, 6) is 0.861. The fraction of sp³-hybridized carbons (Fsp3) is 0.361. The molecule has 1 aliphatic heterocycles. The Bertz CT molecular complexity index is 1480. The molecule has 7 nitrogen and oxygen atoms in total. The summed E-state index contributed by atoms with van der Waals surface area (Å²) in [6.07, 6.45) is 10.5. The smallest absolute Gasteiger partial charge is 0.251 e. The van der Waals surface area contributed by atoms with Crippen molar-refractivity contribution in [3.05, 3.63) is 108 Å². The van der Waals surface area contributed by atoms with Crippen LogP contribution in [0.3, 0.4) is 0 Å². The number of ether oxygens (including phenoxy) is 1. The summed E-state index contributed by atoms with van der Waals surface area (Å²) in [4.78, 5) is 26.6. The van der Waals surface area contributed by atoms with Crippen LogP contribution in [0.25, 0.3) is 11.1 Å². The first-order valence-corrected chi connectivity index (χ1v) is 15.3. The van der Waals surface area contributed by atoms with Crippen molar-refractivity contribution in [2.24, 2.45) is 0 Å². The van der Waals surface area contributed by atoms with Crippen LogP contribution < -0.4 is 15.0 Å². The van der Waals surface area contributed by atoms with Crippen LogP contribution in [0.1, 0.15) is 53.2 Å². The molecule has 1 fully saturated rings. The van der Waals surface area contributed by atoms with E-state index in [1.807, 2.05) is 55.7 Å². The van der Waals surface area contributed by atoms with Crippen LogP contribution in [0.15, 0.2) is 85.5 Å². The lowest BCUT2D eigenvalue weighted by Crippen LogP contribution is -2.48. The van der Waals surface area contributed by atoms with Gasteiger partial charge in [-0.05, 0) is 116 Å². The van der Waals surface area contributed by atoms with Crippen molar-refractivity contribution < 1.29 is 9.53 Å². The summed E-state index contributed by atoms with van der Waals surface area (Å²) in [7, 11) is 1.71. The Kier molecular flexibility index (Phi) is 10.1. The number of nitrogens with zero attached hydrogens (tertiary/aromatic N) is 4. The number of hydrogen-bond acceptors (Lipinski definition) is 6. The third kappa shape index (κ3) is 7.59. The van der Waals surface area contributed by atoms with E-state index < -0.39 is 0 Å². The molecule has 1 aliphatic rings. The average Bonchev–Trinajstić information content (AvgIpc) is 3.05. The Labute approximate surface area is 255 Å². The van der Waals surface area contributed by atoms with Gasteiger partial charge in [0.05, 0.1) is 7.11 Å². The quantitative estimate of drug-likeness (QED) is 0.221. The molecule has 0 unspecified atom stereocenters. The minimum Gasteiger partial charge on any atom is -0.497 e. The summed E-state index contributed by atoms with van der Waals surface area (Å²) < 4.78 is 5.41. The molecule has 7 heteroatoms. The Morgan fingerprint density at radius 1 is 0.953 bits per heavy atom. The van der Waals surface area contributed by atoms with Gasteiger partial charge >= 0.3 is 0 Å². The standard InChI is InChI=1S/C36H43N5O2/c1-26-11-17-38-24-31(26)25-41(32-6-8-34(43-4)9-7-32)33-15-21-40(22-16-33)28(3)12-20-39-36(42)35-10-5-30(23-27(35)2)29-13-18-37-19-14-29/h5-11,13-14,17-19,23-24,28,33H,12,15-16,20-22,25H2,1-4H3,(H,39,42)/t28-/m1/s1. The van der Waals surface area contributed by atoms with Gasteiger partial charge in [-0.15, -0.1) is 0 Å². The van der Waals surface area contributed by atoms with Crippen molar-refractivity contribution in [1.29, 1.82) is 0 Å². The van der Waals surface area contributed by atoms with Crippen LogP contribution in [0, 0.1) is 13.8 Å². The zero-order valence-corrected chi connectivity index (χ0v) is 25.8. The van der Waals surface area contributed by atoms with E-state index in [0.717, 1.165) is 66.9 Å². The summed E-state index contributed by atoms with van der Waals surface area (Å²) >= 11 is 0. The first-order valence-electron chi connectivity index (χ1n) is 15.3. The lowest BCUT2D eigenvalue weighted by Gasteiger charge is -2.42. The number of anilines is 1. The number of aromatic nitrogens is 2. The van der Waals surface area contributed by atoms with E-state index in [-0.39, 0.29) is 5.91 Å². The molecule has 0 spiro atoms. The molecule has 2 aromatic carbocycles. The van der Waals surface area contributed by atoms with Crippen molar-refractivity contribution >= 4 is 11.6 Å². The minimum atomic E-state index is -0.00878. The highest BCUT2D eigenvalue weighted by molar-refractivity contribution is 5.96. The van der Waals surface area contributed by atoms with Crippen molar-refractivity contribution in [3.63, 3.8) is 0 Å². The van der Waals surface area contributed by atoms with Crippen molar-refractivity contribution in [2.75, 3.05) is 31.6 Å². The largest absolute Gasteiger partial charge is 0.497 e. The maximum absolute atomic E-state index is 13.0. The van der Waals surface area contributed by atoms with E-state index in [9.17, 15) is 4.79 Å². The molecule has 3 heterocycles. The molecule has 1 amide bonds. The fourth-order valence-electron chi connectivity index (χ4n) is 6.00. The molecule has 1 saturated heterocycles. The summed E-state index contributed by atoms with van der Waals surface area (Å²) in [6, 6.07) is 21.3. The van der Waals surface area contributed by atoms with Gasteiger partial charge in [0.1, 0.15) is 5.75 Å². The summed E-state index contributed by atoms with van der Waals surface area (Å²) in [5.41, 5.74) is 7.63. The number of aryl methyl sites for hydroxylation is 2. The van der Waals surface area contributed by atoms with E-state index >= 15 is 0 Å². The lowest BCUT2D eigenvalue weighted by molar-refractivity contribution is 0.0944. The van der Waals surface area contributed by atoms with Crippen molar-refractivity contribution in [2.45, 2.75) is 58.7 Å². The van der Waals surface area contributed by atoms with Gasteiger partial charge in [0.2, 0.25) is 0 Å². The predicted octanol–water partition coefficient (Wildman–Crippen LogP) is 6.45. The topological polar surface area (TPSA) is 70.6 Å². The highest BCUT2D eigenvalue weighted by Gasteiger charge is 2.27. The maximum Gasteiger partial charge on any atom is 0.251 e. The maximum atomic E-state index is 13.0. The molecule has 1 N–H and O–H groups in total. The molecule has 0 saturated carbocycles. The fourth-order valence-corrected chi connectivity index (χ4v) is 6.00. The molecule has 4 aromatic rings. The SMILES string of the molecule is COc1ccc(N(Cc2cnccc2C)C2CCN([C@H](C)CCNC(=O)c3ccc(-c4ccncc4)cc3C)CC2)cc1. The van der Waals surface area contributed by atoms with E-state index in [1.54, 1.807) is 19.5 Å². The van der Waals surface area contributed by atoms with E-state index in [1.165, 1.54) is 16.8 Å².